The zero-order chi connectivity index (χ0) is 22.5. The summed E-state index contributed by atoms with van der Waals surface area (Å²) in [6.07, 6.45) is 2.96. The van der Waals surface area contributed by atoms with E-state index >= 15 is 0 Å². The number of carbonyl (C=O) groups is 1. The minimum absolute atomic E-state index is 0.0331. The van der Waals surface area contributed by atoms with Crippen LogP contribution in [-0.4, -0.2) is 90.4 Å². The fourth-order valence-electron chi connectivity index (χ4n) is 5.72. The maximum atomic E-state index is 13.5. The SMILES string of the molecule is COC1CC(C2CC(C)C3C(=O)N(C4C=NN(CC(F)F)C4)C(C)(C)C3=N2)C=NC1C. The van der Waals surface area contributed by atoms with Crippen LogP contribution in [0.4, 0.5) is 8.78 Å². The first-order valence-corrected chi connectivity index (χ1v) is 11.2. The van der Waals surface area contributed by atoms with Crippen LogP contribution in [0.3, 0.4) is 0 Å². The molecule has 0 spiro atoms. The van der Waals surface area contributed by atoms with E-state index in [1.165, 1.54) is 5.01 Å². The topological polar surface area (TPSA) is 69.9 Å². The van der Waals surface area contributed by atoms with Gasteiger partial charge in [0, 0.05) is 25.5 Å². The summed E-state index contributed by atoms with van der Waals surface area (Å²) in [5.41, 5.74) is 0.314. The molecule has 7 unspecified atom stereocenters. The summed E-state index contributed by atoms with van der Waals surface area (Å²) in [4.78, 5) is 25.1. The number of methoxy groups -OCH3 is 1. The number of nitrogens with zero attached hydrogens (tertiary/aromatic N) is 5. The molecule has 1 amide bonds. The van der Waals surface area contributed by atoms with E-state index in [0.29, 0.717) is 6.54 Å². The molecule has 0 aromatic carbocycles. The van der Waals surface area contributed by atoms with Crippen molar-refractivity contribution in [2.75, 3.05) is 20.2 Å². The van der Waals surface area contributed by atoms with Crippen LogP contribution in [0.5, 0.6) is 0 Å². The molecule has 1 saturated heterocycles. The first-order valence-electron chi connectivity index (χ1n) is 11.2. The summed E-state index contributed by atoms with van der Waals surface area (Å²) in [6, 6.07) is -0.120. The second-order valence-electron chi connectivity index (χ2n) is 9.85. The molecule has 7 nitrogen and oxygen atoms in total. The normalized spacial score (nSPS) is 39.4. The summed E-state index contributed by atoms with van der Waals surface area (Å²) < 4.78 is 31.2. The largest absolute Gasteiger partial charge is 0.379 e. The van der Waals surface area contributed by atoms with Gasteiger partial charge in [-0.1, -0.05) is 6.92 Å². The number of aliphatic imine (C=N–C) groups is 2. The molecule has 0 aliphatic carbocycles. The third-order valence-corrected chi connectivity index (χ3v) is 7.35. The number of carbonyl (C=O) groups excluding carboxylic acids is 1. The molecule has 4 rings (SSSR count). The first kappa shape index (κ1) is 22.3. The predicted molar refractivity (Wildman–Crippen MR) is 116 cm³/mol. The highest BCUT2D eigenvalue weighted by Crippen LogP contribution is 2.43. The van der Waals surface area contributed by atoms with Crippen LogP contribution in [0, 0.1) is 17.8 Å². The molecule has 4 heterocycles. The van der Waals surface area contributed by atoms with Crippen LogP contribution in [0.15, 0.2) is 15.1 Å². The number of amides is 1. The van der Waals surface area contributed by atoms with Gasteiger partial charge in [-0.15, -0.1) is 0 Å². The first-order chi connectivity index (χ1) is 14.6. The summed E-state index contributed by atoms with van der Waals surface area (Å²) in [6.45, 7) is 8.07. The van der Waals surface area contributed by atoms with Crippen LogP contribution in [-0.2, 0) is 9.53 Å². The molecule has 0 N–H and O–H groups in total. The Morgan fingerprint density at radius 3 is 2.68 bits per heavy atom. The van der Waals surface area contributed by atoms with Gasteiger partial charge >= 0.3 is 0 Å². The number of ether oxygens (including phenoxy) is 1. The number of halogens is 2. The summed E-state index contributed by atoms with van der Waals surface area (Å²) in [5, 5.41) is 5.46. The molecule has 0 radical (unpaired) electrons. The van der Waals surface area contributed by atoms with Crippen molar-refractivity contribution in [2.24, 2.45) is 32.8 Å². The number of alkyl halides is 2. The van der Waals surface area contributed by atoms with Crippen molar-refractivity contribution in [3.05, 3.63) is 0 Å². The van der Waals surface area contributed by atoms with Gasteiger partial charge in [-0.3, -0.25) is 19.8 Å². The Balaban J connectivity index is 1.58. The van der Waals surface area contributed by atoms with Crippen molar-refractivity contribution < 1.29 is 18.3 Å². The Hall–Kier alpha value is -1.90. The lowest BCUT2D eigenvalue weighted by molar-refractivity contribution is -0.135. The molecule has 7 atom stereocenters. The molecule has 0 saturated carbocycles. The van der Waals surface area contributed by atoms with Gasteiger partial charge in [0.25, 0.3) is 6.43 Å². The predicted octanol–water partition coefficient (Wildman–Crippen LogP) is 2.50. The number of fused-ring (bicyclic) bond motifs is 1. The third kappa shape index (κ3) is 3.90. The molecule has 4 aliphatic rings. The highest BCUT2D eigenvalue weighted by atomic mass is 19.3. The fraction of sp³-hybridized carbons (Fsp3) is 0.818. The van der Waals surface area contributed by atoms with E-state index in [0.717, 1.165) is 18.6 Å². The Morgan fingerprint density at radius 2 is 2.00 bits per heavy atom. The lowest BCUT2D eigenvalue weighted by Gasteiger charge is -2.38. The molecule has 31 heavy (non-hydrogen) atoms. The second-order valence-corrected chi connectivity index (χ2v) is 9.85. The van der Waals surface area contributed by atoms with E-state index < -0.39 is 18.5 Å². The number of hydrazone groups is 1. The van der Waals surface area contributed by atoms with E-state index in [1.807, 2.05) is 25.0 Å². The monoisotopic (exact) mass is 437 g/mol. The van der Waals surface area contributed by atoms with Crippen molar-refractivity contribution >= 4 is 24.0 Å². The van der Waals surface area contributed by atoms with Crippen LogP contribution in [0.25, 0.3) is 0 Å². The van der Waals surface area contributed by atoms with E-state index in [2.05, 4.69) is 23.9 Å². The van der Waals surface area contributed by atoms with Crippen molar-refractivity contribution in [3.8, 4) is 0 Å². The molecule has 1 fully saturated rings. The minimum atomic E-state index is -2.46. The average Bonchev–Trinajstić information content (AvgIpc) is 3.21. The molecular formula is C22H33F2N5O2. The standard InChI is InChI=1S/C22H33F2N5O2/c1-12-6-16(14-7-17(31-5)13(2)25-8-14)27-20-19(12)21(30)29(22(20,3)4)15-9-26-28(10-15)11-18(23)24/h8-9,12-19H,6-7,10-11H2,1-5H3. The van der Waals surface area contributed by atoms with Gasteiger partial charge in [0.1, 0.15) is 0 Å². The Morgan fingerprint density at radius 1 is 1.26 bits per heavy atom. The Labute approximate surface area is 182 Å². The molecule has 0 aromatic heterocycles. The van der Waals surface area contributed by atoms with Gasteiger partial charge < -0.3 is 9.64 Å². The lowest BCUT2D eigenvalue weighted by Crippen LogP contribution is -2.52. The van der Waals surface area contributed by atoms with Crippen LogP contribution in [0.2, 0.25) is 0 Å². The van der Waals surface area contributed by atoms with Gasteiger partial charge in [-0.25, -0.2) is 8.78 Å². The Bertz CT molecular complexity index is 799. The number of rotatable bonds is 5. The zero-order valence-corrected chi connectivity index (χ0v) is 18.9. The second kappa shape index (κ2) is 8.22. The van der Waals surface area contributed by atoms with E-state index in [9.17, 15) is 13.6 Å². The van der Waals surface area contributed by atoms with Crippen LogP contribution in [0.1, 0.15) is 40.5 Å². The van der Waals surface area contributed by atoms with Crippen LogP contribution < -0.4 is 0 Å². The van der Waals surface area contributed by atoms with Gasteiger partial charge in [0.2, 0.25) is 5.91 Å². The summed E-state index contributed by atoms with van der Waals surface area (Å²) in [7, 11) is 1.72. The van der Waals surface area contributed by atoms with Gasteiger partial charge in [0.15, 0.2) is 0 Å². The molecule has 172 valence electrons. The molecule has 0 aromatic rings. The molecule has 9 heteroatoms. The van der Waals surface area contributed by atoms with Crippen molar-refractivity contribution in [2.45, 2.75) is 76.7 Å². The molecule has 0 bridgehead atoms. The summed E-state index contributed by atoms with van der Waals surface area (Å²) >= 11 is 0. The van der Waals surface area contributed by atoms with Crippen molar-refractivity contribution in [1.29, 1.82) is 0 Å². The number of hydrogen-bond donors (Lipinski definition) is 0. The molecule has 4 aliphatic heterocycles. The highest BCUT2D eigenvalue weighted by molar-refractivity contribution is 6.16. The van der Waals surface area contributed by atoms with Crippen LogP contribution >= 0.6 is 0 Å². The highest BCUT2D eigenvalue weighted by Gasteiger charge is 2.57. The fourth-order valence-corrected chi connectivity index (χ4v) is 5.72. The maximum absolute atomic E-state index is 13.5. The number of hydrogen-bond acceptors (Lipinski definition) is 6. The van der Waals surface area contributed by atoms with Gasteiger partial charge in [-0.05, 0) is 39.5 Å². The van der Waals surface area contributed by atoms with E-state index in [-0.39, 0.29) is 47.9 Å². The maximum Gasteiger partial charge on any atom is 0.257 e. The van der Waals surface area contributed by atoms with Crippen molar-refractivity contribution in [3.63, 3.8) is 0 Å². The van der Waals surface area contributed by atoms with Gasteiger partial charge in [-0.2, -0.15) is 5.10 Å². The lowest BCUT2D eigenvalue weighted by atomic mass is 9.75. The Kier molecular flexibility index (Phi) is 5.91. The van der Waals surface area contributed by atoms with E-state index in [4.69, 9.17) is 9.73 Å². The third-order valence-electron chi connectivity index (χ3n) is 7.35. The zero-order valence-electron chi connectivity index (χ0n) is 18.9. The minimum Gasteiger partial charge on any atom is -0.379 e. The van der Waals surface area contributed by atoms with E-state index in [1.54, 1.807) is 13.3 Å². The molecular weight excluding hydrogens is 404 g/mol. The van der Waals surface area contributed by atoms with Crippen molar-refractivity contribution in [1.82, 2.24) is 9.91 Å². The smallest absolute Gasteiger partial charge is 0.257 e. The summed E-state index contributed by atoms with van der Waals surface area (Å²) in [5.74, 6) is 0.109. The quantitative estimate of drug-likeness (QED) is 0.664. The van der Waals surface area contributed by atoms with Gasteiger partial charge in [0.05, 0.1) is 54.5 Å². The number of likely N-dealkylation sites (tertiary alicyclic amines) is 1. The average molecular weight is 438 g/mol.